The molecule has 146 valence electrons. The summed E-state index contributed by atoms with van der Waals surface area (Å²) in [6.07, 6.45) is 4.02. The predicted octanol–water partition coefficient (Wildman–Crippen LogP) is 1.88. The van der Waals surface area contributed by atoms with Crippen molar-refractivity contribution in [2.75, 3.05) is 24.5 Å². The highest BCUT2D eigenvalue weighted by Crippen LogP contribution is 2.30. The number of amides is 1. The number of halogens is 2. The van der Waals surface area contributed by atoms with Crippen LogP contribution in [0.25, 0.3) is 11.0 Å². The molecule has 1 aliphatic heterocycles. The summed E-state index contributed by atoms with van der Waals surface area (Å²) >= 11 is 0. The molecule has 7 nitrogen and oxygen atoms in total. The first kappa shape index (κ1) is 18.3. The van der Waals surface area contributed by atoms with Gasteiger partial charge in [-0.05, 0) is 31.0 Å². The summed E-state index contributed by atoms with van der Waals surface area (Å²) in [5, 5.41) is 3.61. The van der Waals surface area contributed by atoms with E-state index in [4.69, 9.17) is 5.73 Å². The van der Waals surface area contributed by atoms with Gasteiger partial charge in [0.2, 0.25) is 0 Å². The van der Waals surface area contributed by atoms with Crippen molar-refractivity contribution in [3.63, 3.8) is 0 Å². The first-order valence-corrected chi connectivity index (χ1v) is 8.92. The third-order valence-electron chi connectivity index (χ3n) is 5.11. The zero-order valence-corrected chi connectivity index (χ0v) is 15.3. The fraction of sp³-hybridized carbons (Fsp3) is 0.316. The van der Waals surface area contributed by atoms with Crippen LogP contribution in [0.15, 0.2) is 30.7 Å². The van der Waals surface area contributed by atoms with Crippen LogP contribution in [0.1, 0.15) is 22.3 Å². The largest absolute Gasteiger partial charge is 0.354 e. The lowest BCUT2D eigenvalue weighted by atomic mass is 10.00. The molecular formula is C19H20F2N6O. The molecule has 1 atom stereocenters. The Morgan fingerprint density at radius 2 is 2.21 bits per heavy atom. The number of anilines is 1. The molecule has 3 aromatic rings. The second kappa shape index (κ2) is 6.83. The minimum absolute atomic E-state index is 0.166. The molecule has 1 fully saturated rings. The zero-order valence-electron chi connectivity index (χ0n) is 15.3. The minimum Gasteiger partial charge on any atom is -0.354 e. The van der Waals surface area contributed by atoms with Gasteiger partial charge in [-0.25, -0.2) is 18.7 Å². The maximum atomic E-state index is 13.8. The van der Waals surface area contributed by atoms with Gasteiger partial charge in [-0.3, -0.25) is 4.79 Å². The van der Waals surface area contributed by atoms with Crippen molar-refractivity contribution in [2.45, 2.75) is 18.9 Å². The summed E-state index contributed by atoms with van der Waals surface area (Å²) in [5.74, 6) is -1.45. The fourth-order valence-corrected chi connectivity index (χ4v) is 3.58. The smallest absolute Gasteiger partial charge is 0.254 e. The van der Waals surface area contributed by atoms with Crippen LogP contribution in [0.3, 0.4) is 0 Å². The topological polar surface area (TPSA) is 99.9 Å². The van der Waals surface area contributed by atoms with E-state index in [2.05, 4.69) is 25.2 Å². The molecule has 28 heavy (non-hydrogen) atoms. The molecule has 3 heterocycles. The van der Waals surface area contributed by atoms with Crippen molar-refractivity contribution in [1.29, 1.82) is 0 Å². The average Bonchev–Trinajstić information content (AvgIpc) is 3.24. The molecular weight excluding hydrogens is 366 g/mol. The number of aromatic amines is 1. The number of H-pyrrole nitrogens is 1. The van der Waals surface area contributed by atoms with Gasteiger partial charge in [-0.2, -0.15) is 0 Å². The summed E-state index contributed by atoms with van der Waals surface area (Å²) in [7, 11) is 0. The quantitative estimate of drug-likeness (QED) is 0.636. The number of hydrogen-bond donors (Lipinski definition) is 3. The van der Waals surface area contributed by atoms with Crippen molar-refractivity contribution in [3.8, 4) is 0 Å². The summed E-state index contributed by atoms with van der Waals surface area (Å²) in [6.45, 7) is 3.30. The Hall–Kier alpha value is -3.07. The number of benzene rings is 1. The zero-order chi connectivity index (χ0) is 19.9. The Kier molecular flexibility index (Phi) is 4.46. The van der Waals surface area contributed by atoms with Crippen LogP contribution < -0.4 is 16.0 Å². The Balaban J connectivity index is 1.46. The summed E-state index contributed by atoms with van der Waals surface area (Å²) in [6, 6.07) is 2.85. The maximum absolute atomic E-state index is 13.8. The SMILES string of the molecule is Cc1c[nH]c2ncnc(N3CC[C@](N)(CNC(=O)c4ccc(F)cc4F)C3)c12. The highest BCUT2D eigenvalue weighted by Gasteiger charge is 2.36. The van der Waals surface area contributed by atoms with Crippen LogP contribution in [0, 0.1) is 18.6 Å². The lowest BCUT2D eigenvalue weighted by molar-refractivity contribution is 0.0941. The van der Waals surface area contributed by atoms with Crippen LogP contribution in [0.4, 0.5) is 14.6 Å². The highest BCUT2D eigenvalue weighted by molar-refractivity contribution is 5.94. The highest BCUT2D eigenvalue weighted by atomic mass is 19.1. The standard InChI is InChI=1S/C19H20F2N6O/c1-11-7-23-16-15(11)17(26-10-25-16)27-5-4-19(22,9-27)8-24-18(28)13-3-2-12(20)6-14(13)21/h2-3,6-7,10H,4-5,8-9,22H2,1H3,(H,24,28)(H,23,25,26)/t19-/m0/s1. The molecule has 1 amide bonds. The van der Waals surface area contributed by atoms with Gasteiger partial charge in [0.15, 0.2) is 0 Å². The number of carbonyl (C=O) groups excluding carboxylic acids is 1. The summed E-state index contributed by atoms with van der Waals surface area (Å²) in [5.41, 5.74) is 7.38. The van der Waals surface area contributed by atoms with E-state index in [1.807, 2.05) is 13.1 Å². The molecule has 1 aliphatic rings. The van der Waals surface area contributed by atoms with Gasteiger partial charge in [-0.1, -0.05) is 0 Å². The van der Waals surface area contributed by atoms with E-state index in [1.165, 1.54) is 6.33 Å². The molecule has 2 aromatic heterocycles. The van der Waals surface area contributed by atoms with Crippen molar-refractivity contribution < 1.29 is 13.6 Å². The normalized spacial score (nSPS) is 19.4. The molecule has 4 rings (SSSR count). The molecule has 0 bridgehead atoms. The Labute approximate surface area is 160 Å². The van der Waals surface area contributed by atoms with Crippen molar-refractivity contribution in [1.82, 2.24) is 20.3 Å². The van der Waals surface area contributed by atoms with Crippen LogP contribution in [-0.2, 0) is 0 Å². The number of nitrogens with zero attached hydrogens (tertiary/aromatic N) is 3. The number of carbonyl (C=O) groups is 1. The number of rotatable bonds is 4. The fourth-order valence-electron chi connectivity index (χ4n) is 3.58. The van der Waals surface area contributed by atoms with Gasteiger partial charge in [0.1, 0.15) is 29.4 Å². The van der Waals surface area contributed by atoms with E-state index in [0.717, 1.165) is 34.5 Å². The van der Waals surface area contributed by atoms with Crippen molar-refractivity contribution >= 4 is 22.8 Å². The second-order valence-corrected chi connectivity index (χ2v) is 7.23. The molecule has 1 saturated heterocycles. The minimum atomic E-state index is -0.900. The second-order valence-electron chi connectivity index (χ2n) is 7.23. The average molecular weight is 386 g/mol. The number of aromatic nitrogens is 3. The van der Waals surface area contributed by atoms with E-state index in [0.29, 0.717) is 25.6 Å². The van der Waals surface area contributed by atoms with E-state index in [9.17, 15) is 13.6 Å². The van der Waals surface area contributed by atoms with Crippen LogP contribution in [0.2, 0.25) is 0 Å². The first-order chi connectivity index (χ1) is 13.4. The Morgan fingerprint density at radius 1 is 1.39 bits per heavy atom. The van der Waals surface area contributed by atoms with Crippen molar-refractivity contribution in [3.05, 3.63) is 53.5 Å². The molecule has 4 N–H and O–H groups in total. The number of nitrogens with two attached hydrogens (primary N) is 1. The molecule has 9 heteroatoms. The molecule has 0 unspecified atom stereocenters. The van der Waals surface area contributed by atoms with Crippen LogP contribution >= 0.6 is 0 Å². The Bertz CT molecular complexity index is 1050. The van der Waals surface area contributed by atoms with Crippen molar-refractivity contribution in [2.24, 2.45) is 5.73 Å². The van der Waals surface area contributed by atoms with Gasteiger partial charge >= 0.3 is 0 Å². The van der Waals surface area contributed by atoms with E-state index in [1.54, 1.807) is 0 Å². The van der Waals surface area contributed by atoms with Gasteiger partial charge in [0, 0.05) is 31.9 Å². The van der Waals surface area contributed by atoms with E-state index < -0.39 is 23.1 Å². The molecule has 0 spiro atoms. The number of aryl methyl sites for hydroxylation is 1. The predicted molar refractivity (Wildman–Crippen MR) is 101 cm³/mol. The number of hydrogen-bond acceptors (Lipinski definition) is 5. The van der Waals surface area contributed by atoms with E-state index in [-0.39, 0.29) is 12.1 Å². The van der Waals surface area contributed by atoms with Gasteiger partial charge in [0.05, 0.1) is 16.5 Å². The molecule has 1 aromatic carbocycles. The summed E-state index contributed by atoms with van der Waals surface area (Å²) < 4.78 is 26.8. The van der Waals surface area contributed by atoms with Gasteiger partial charge in [-0.15, -0.1) is 0 Å². The van der Waals surface area contributed by atoms with Crippen LogP contribution in [0.5, 0.6) is 0 Å². The third kappa shape index (κ3) is 3.29. The monoisotopic (exact) mass is 386 g/mol. The van der Waals surface area contributed by atoms with Crippen LogP contribution in [-0.4, -0.2) is 46.0 Å². The lowest BCUT2D eigenvalue weighted by Crippen LogP contribution is -2.52. The lowest BCUT2D eigenvalue weighted by Gasteiger charge is -2.25. The third-order valence-corrected chi connectivity index (χ3v) is 5.11. The van der Waals surface area contributed by atoms with E-state index >= 15 is 0 Å². The van der Waals surface area contributed by atoms with Gasteiger partial charge in [0.25, 0.3) is 5.91 Å². The maximum Gasteiger partial charge on any atom is 0.254 e. The molecule has 0 saturated carbocycles. The Morgan fingerprint density at radius 3 is 3.00 bits per heavy atom. The first-order valence-electron chi connectivity index (χ1n) is 8.92. The summed E-state index contributed by atoms with van der Waals surface area (Å²) in [4.78, 5) is 26.1. The number of fused-ring (bicyclic) bond motifs is 1. The number of nitrogens with one attached hydrogen (secondary N) is 2. The van der Waals surface area contributed by atoms with Gasteiger partial charge < -0.3 is 20.9 Å². The molecule has 0 aliphatic carbocycles. The molecule has 0 radical (unpaired) electrons.